The standard InChI is InChI=1S/C21H24N2O4/c1-25-16-6-7-17-15(11-21(24)27-20(17)12-16)13-22-14-18(19-5-4-10-26-19)23-8-2-3-9-23/h4-7,10-12,18,22H,2-3,8-9,13-14H2,1H3/t18-/m1/s1. The smallest absolute Gasteiger partial charge is 0.336 e. The van der Waals surface area contributed by atoms with Crippen molar-refractivity contribution in [3.05, 3.63) is 64.4 Å². The van der Waals surface area contributed by atoms with Gasteiger partial charge in [-0.25, -0.2) is 4.79 Å². The minimum atomic E-state index is -0.352. The van der Waals surface area contributed by atoms with E-state index >= 15 is 0 Å². The van der Waals surface area contributed by atoms with Gasteiger partial charge in [-0.15, -0.1) is 0 Å². The molecule has 1 aliphatic rings. The Morgan fingerprint density at radius 1 is 1.22 bits per heavy atom. The summed E-state index contributed by atoms with van der Waals surface area (Å²) in [5, 5.41) is 4.42. The predicted molar refractivity (Wildman–Crippen MR) is 103 cm³/mol. The second kappa shape index (κ2) is 7.98. The molecule has 6 heteroatoms. The van der Waals surface area contributed by atoms with E-state index in [4.69, 9.17) is 13.6 Å². The second-order valence-electron chi connectivity index (χ2n) is 6.86. The number of furan rings is 1. The third kappa shape index (κ3) is 3.91. The van der Waals surface area contributed by atoms with Gasteiger partial charge < -0.3 is 18.9 Å². The first-order valence-electron chi connectivity index (χ1n) is 9.33. The highest BCUT2D eigenvalue weighted by atomic mass is 16.5. The molecule has 1 aliphatic heterocycles. The fraction of sp³-hybridized carbons (Fsp3) is 0.381. The first-order valence-corrected chi connectivity index (χ1v) is 9.33. The maximum absolute atomic E-state index is 11.9. The Bertz CT molecular complexity index is 942. The van der Waals surface area contributed by atoms with Crippen molar-refractivity contribution >= 4 is 11.0 Å². The maximum atomic E-state index is 11.9. The molecule has 27 heavy (non-hydrogen) atoms. The van der Waals surface area contributed by atoms with Crippen molar-refractivity contribution in [3.63, 3.8) is 0 Å². The van der Waals surface area contributed by atoms with E-state index in [1.54, 1.807) is 25.5 Å². The van der Waals surface area contributed by atoms with Gasteiger partial charge in [0.25, 0.3) is 0 Å². The van der Waals surface area contributed by atoms with Gasteiger partial charge in [-0.05, 0) is 55.8 Å². The van der Waals surface area contributed by atoms with Gasteiger partial charge in [0.2, 0.25) is 0 Å². The molecule has 0 aliphatic carbocycles. The van der Waals surface area contributed by atoms with E-state index in [2.05, 4.69) is 10.2 Å². The lowest BCUT2D eigenvalue weighted by Gasteiger charge is -2.26. The molecule has 1 atom stereocenters. The summed E-state index contributed by atoms with van der Waals surface area (Å²) in [4.78, 5) is 14.4. The molecule has 0 saturated carbocycles. The van der Waals surface area contributed by atoms with Crippen LogP contribution in [0.1, 0.15) is 30.2 Å². The van der Waals surface area contributed by atoms with E-state index in [9.17, 15) is 4.79 Å². The normalized spacial score (nSPS) is 16.0. The quantitative estimate of drug-likeness (QED) is 0.645. The average molecular weight is 368 g/mol. The van der Waals surface area contributed by atoms with E-state index in [0.29, 0.717) is 17.9 Å². The summed E-state index contributed by atoms with van der Waals surface area (Å²) >= 11 is 0. The molecule has 1 aromatic carbocycles. The van der Waals surface area contributed by atoms with Crippen molar-refractivity contribution in [1.29, 1.82) is 0 Å². The van der Waals surface area contributed by atoms with E-state index < -0.39 is 0 Å². The summed E-state index contributed by atoms with van der Waals surface area (Å²) in [6.07, 6.45) is 4.18. The zero-order valence-corrected chi connectivity index (χ0v) is 15.4. The summed E-state index contributed by atoms with van der Waals surface area (Å²) in [6.45, 7) is 3.51. The molecule has 2 aromatic heterocycles. The molecule has 3 heterocycles. The van der Waals surface area contributed by atoms with Crippen LogP contribution in [0.15, 0.2) is 56.3 Å². The molecule has 1 N–H and O–H groups in total. The van der Waals surface area contributed by atoms with Gasteiger partial charge in [-0.2, -0.15) is 0 Å². The van der Waals surface area contributed by atoms with Gasteiger partial charge in [-0.1, -0.05) is 0 Å². The Morgan fingerprint density at radius 2 is 2.07 bits per heavy atom. The van der Waals surface area contributed by atoms with Crippen LogP contribution in [0.25, 0.3) is 11.0 Å². The van der Waals surface area contributed by atoms with Crippen molar-refractivity contribution in [2.75, 3.05) is 26.7 Å². The first kappa shape index (κ1) is 17.8. The van der Waals surface area contributed by atoms with Crippen molar-refractivity contribution in [2.24, 2.45) is 0 Å². The summed E-state index contributed by atoms with van der Waals surface area (Å²) < 4.78 is 16.2. The van der Waals surface area contributed by atoms with Crippen molar-refractivity contribution in [2.45, 2.75) is 25.4 Å². The Labute approximate surface area is 157 Å². The molecular formula is C21H24N2O4. The summed E-state index contributed by atoms with van der Waals surface area (Å²) in [6, 6.07) is 11.3. The summed E-state index contributed by atoms with van der Waals surface area (Å²) in [7, 11) is 1.60. The van der Waals surface area contributed by atoms with E-state index in [1.807, 2.05) is 24.3 Å². The number of hydrogen-bond acceptors (Lipinski definition) is 6. The molecule has 0 radical (unpaired) electrons. The Hall–Kier alpha value is -2.57. The van der Waals surface area contributed by atoms with Crippen molar-refractivity contribution in [1.82, 2.24) is 10.2 Å². The minimum Gasteiger partial charge on any atom is -0.497 e. The highest BCUT2D eigenvalue weighted by molar-refractivity contribution is 5.81. The SMILES string of the molecule is COc1ccc2c(CNC[C@H](c3ccco3)N3CCCC3)cc(=O)oc2c1. The lowest BCUT2D eigenvalue weighted by Crippen LogP contribution is -2.33. The predicted octanol–water partition coefficient (Wildman–Crippen LogP) is 3.32. The number of nitrogens with zero attached hydrogens (tertiary/aromatic N) is 1. The van der Waals surface area contributed by atoms with Crippen LogP contribution in [0, 0.1) is 0 Å². The van der Waals surface area contributed by atoms with Gasteiger partial charge >= 0.3 is 5.63 Å². The number of ether oxygens (including phenoxy) is 1. The lowest BCUT2D eigenvalue weighted by atomic mass is 10.1. The van der Waals surface area contributed by atoms with Crippen molar-refractivity contribution in [3.8, 4) is 5.75 Å². The molecule has 0 amide bonds. The Balaban J connectivity index is 1.51. The van der Waals surface area contributed by atoms with Gasteiger partial charge in [0, 0.05) is 30.6 Å². The van der Waals surface area contributed by atoms with Crippen LogP contribution < -0.4 is 15.7 Å². The number of rotatable bonds is 7. The van der Waals surface area contributed by atoms with E-state index in [-0.39, 0.29) is 11.7 Å². The molecular weight excluding hydrogens is 344 g/mol. The molecule has 3 aromatic rings. The monoisotopic (exact) mass is 368 g/mol. The van der Waals surface area contributed by atoms with Crippen LogP contribution in [0.5, 0.6) is 5.75 Å². The number of fused-ring (bicyclic) bond motifs is 1. The number of benzene rings is 1. The molecule has 142 valence electrons. The van der Waals surface area contributed by atoms with Crippen molar-refractivity contribution < 1.29 is 13.6 Å². The second-order valence-corrected chi connectivity index (χ2v) is 6.86. The number of methoxy groups -OCH3 is 1. The molecule has 0 unspecified atom stereocenters. The van der Waals surface area contributed by atoms with Crippen LogP contribution >= 0.6 is 0 Å². The summed E-state index contributed by atoms with van der Waals surface area (Å²) in [5.41, 5.74) is 1.11. The average Bonchev–Trinajstić information content (AvgIpc) is 3.38. The van der Waals surface area contributed by atoms with Crippen LogP contribution in [0.3, 0.4) is 0 Å². The lowest BCUT2D eigenvalue weighted by molar-refractivity contribution is 0.209. The molecule has 1 saturated heterocycles. The zero-order chi connectivity index (χ0) is 18.6. The van der Waals surface area contributed by atoms with Gasteiger partial charge in [0.1, 0.15) is 17.1 Å². The highest BCUT2D eigenvalue weighted by Crippen LogP contribution is 2.26. The van der Waals surface area contributed by atoms with Crippen LogP contribution in [-0.4, -0.2) is 31.6 Å². The van der Waals surface area contributed by atoms with E-state index in [0.717, 1.165) is 36.3 Å². The Kier molecular flexibility index (Phi) is 5.27. The van der Waals surface area contributed by atoms with Gasteiger partial charge in [0.05, 0.1) is 19.4 Å². The van der Waals surface area contributed by atoms with Gasteiger partial charge in [-0.3, -0.25) is 4.90 Å². The maximum Gasteiger partial charge on any atom is 0.336 e. The van der Waals surface area contributed by atoms with Crippen LogP contribution in [0.4, 0.5) is 0 Å². The molecule has 6 nitrogen and oxygen atoms in total. The molecule has 1 fully saturated rings. The summed E-state index contributed by atoms with van der Waals surface area (Å²) in [5.74, 6) is 1.65. The third-order valence-corrected chi connectivity index (χ3v) is 5.14. The fourth-order valence-corrected chi connectivity index (χ4v) is 3.77. The third-order valence-electron chi connectivity index (χ3n) is 5.14. The largest absolute Gasteiger partial charge is 0.497 e. The molecule has 0 spiro atoms. The minimum absolute atomic E-state index is 0.203. The number of nitrogens with one attached hydrogen (secondary N) is 1. The molecule has 0 bridgehead atoms. The van der Waals surface area contributed by atoms with Crippen LogP contribution in [-0.2, 0) is 6.54 Å². The fourth-order valence-electron chi connectivity index (χ4n) is 3.77. The number of hydrogen-bond donors (Lipinski definition) is 1. The topological polar surface area (TPSA) is 67.8 Å². The Morgan fingerprint density at radius 3 is 2.81 bits per heavy atom. The molecule has 4 rings (SSSR count). The van der Waals surface area contributed by atoms with Crippen LogP contribution in [0.2, 0.25) is 0 Å². The zero-order valence-electron chi connectivity index (χ0n) is 15.4. The number of likely N-dealkylation sites (tertiary alicyclic amines) is 1. The van der Waals surface area contributed by atoms with Gasteiger partial charge in [0.15, 0.2) is 0 Å². The first-order chi connectivity index (χ1) is 13.2. The highest BCUT2D eigenvalue weighted by Gasteiger charge is 2.25. The van der Waals surface area contributed by atoms with E-state index in [1.165, 1.54) is 12.8 Å².